The monoisotopic (exact) mass is 423 g/mol. The number of hydrogen-bond acceptors (Lipinski definition) is 2. The molecule has 0 fully saturated rings. The third-order valence-corrected chi connectivity index (χ3v) is 3.28. The molecule has 0 saturated carbocycles. The summed E-state index contributed by atoms with van der Waals surface area (Å²) < 4.78 is 18.4. The molecule has 0 radical (unpaired) electrons. The fraction of sp³-hybridized carbons (Fsp3) is 0.562. The molecular weight excluding hydrogens is 396 g/mol. The molecule has 0 atom stereocenters. The summed E-state index contributed by atoms with van der Waals surface area (Å²) >= 11 is 0. The van der Waals surface area contributed by atoms with Crippen molar-refractivity contribution in [1.29, 1.82) is 0 Å². The molecule has 126 valence electrons. The summed E-state index contributed by atoms with van der Waals surface area (Å²) in [6.45, 7) is 5.48. The lowest BCUT2D eigenvalue weighted by Crippen LogP contribution is -2.45. The van der Waals surface area contributed by atoms with E-state index in [1.807, 2.05) is 19.9 Å². The summed E-state index contributed by atoms with van der Waals surface area (Å²) in [6.07, 6.45) is 1.75. The highest BCUT2D eigenvalue weighted by Crippen LogP contribution is 2.06. The Hall–Kier alpha value is -0.890. The molecule has 0 aromatic heterocycles. The molecule has 1 rings (SSSR count). The van der Waals surface area contributed by atoms with Gasteiger partial charge in [-0.1, -0.05) is 12.1 Å². The van der Waals surface area contributed by atoms with Gasteiger partial charge in [0.25, 0.3) is 0 Å². The fourth-order valence-corrected chi connectivity index (χ4v) is 1.78. The van der Waals surface area contributed by atoms with Gasteiger partial charge in [-0.15, -0.1) is 24.0 Å². The highest BCUT2D eigenvalue weighted by Gasteiger charge is 2.16. The van der Waals surface area contributed by atoms with Crippen LogP contribution in [0.4, 0.5) is 4.39 Å². The second kappa shape index (κ2) is 10.8. The van der Waals surface area contributed by atoms with Crippen molar-refractivity contribution in [1.82, 2.24) is 10.6 Å². The molecule has 0 spiro atoms. The van der Waals surface area contributed by atoms with Crippen LogP contribution in [0.25, 0.3) is 0 Å². The van der Waals surface area contributed by atoms with Gasteiger partial charge in [0.15, 0.2) is 5.96 Å². The van der Waals surface area contributed by atoms with Crippen molar-refractivity contribution in [3.8, 4) is 0 Å². The molecule has 0 amide bonds. The highest BCUT2D eigenvalue weighted by atomic mass is 127. The van der Waals surface area contributed by atoms with Gasteiger partial charge in [0.1, 0.15) is 5.82 Å². The van der Waals surface area contributed by atoms with Gasteiger partial charge in [-0.05, 0) is 44.4 Å². The number of nitrogens with zero attached hydrogens (tertiary/aromatic N) is 1. The summed E-state index contributed by atoms with van der Waals surface area (Å²) in [6, 6.07) is 6.72. The second-order valence-electron chi connectivity index (χ2n) is 5.55. The van der Waals surface area contributed by atoms with E-state index in [-0.39, 0.29) is 35.4 Å². The zero-order valence-corrected chi connectivity index (χ0v) is 16.1. The highest BCUT2D eigenvalue weighted by molar-refractivity contribution is 14.0. The van der Waals surface area contributed by atoms with Crippen LogP contribution in [-0.4, -0.2) is 38.8 Å². The maximum absolute atomic E-state index is 13.0. The molecule has 6 heteroatoms. The lowest BCUT2D eigenvalue weighted by molar-refractivity contribution is 0.0268. The number of hydrogen-bond donors (Lipinski definition) is 2. The minimum absolute atomic E-state index is 0. The third kappa shape index (κ3) is 8.53. The van der Waals surface area contributed by atoms with Crippen LogP contribution in [0.2, 0.25) is 0 Å². The van der Waals surface area contributed by atoms with Crippen molar-refractivity contribution in [2.45, 2.75) is 32.3 Å². The Kier molecular flexibility index (Phi) is 10.3. The number of aryl methyl sites for hydroxylation is 1. The number of ether oxygens (including phenoxy) is 1. The van der Waals surface area contributed by atoms with E-state index in [9.17, 15) is 4.39 Å². The van der Waals surface area contributed by atoms with Crippen LogP contribution < -0.4 is 10.6 Å². The molecule has 0 aliphatic heterocycles. The minimum Gasteiger partial charge on any atom is -0.377 e. The summed E-state index contributed by atoms with van der Waals surface area (Å²) in [5.41, 5.74) is 0.777. The molecule has 0 unspecified atom stereocenters. The smallest absolute Gasteiger partial charge is 0.191 e. The SMILES string of the molecule is CN=C(NCCCc1cccc(F)c1)NCC(C)(C)OC.I. The van der Waals surface area contributed by atoms with E-state index >= 15 is 0 Å². The maximum Gasteiger partial charge on any atom is 0.191 e. The zero-order chi connectivity index (χ0) is 15.7. The predicted molar refractivity (Wildman–Crippen MR) is 101 cm³/mol. The molecule has 22 heavy (non-hydrogen) atoms. The van der Waals surface area contributed by atoms with Crippen LogP contribution in [-0.2, 0) is 11.2 Å². The molecule has 0 aliphatic carbocycles. The van der Waals surface area contributed by atoms with E-state index in [0.717, 1.165) is 30.9 Å². The largest absolute Gasteiger partial charge is 0.377 e. The van der Waals surface area contributed by atoms with Crippen LogP contribution >= 0.6 is 24.0 Å². The van der Waals surface area contributed by atoms with Crippen molar-refractivity contribution < 1.29 is 9.13 Å². The van der Waals surface area contributed by atoms with E-state index in [2.05, 4.69) is 15.6 Å². The lowest BCUT2D eigenvalue weighted by atomic mass is 10.1. The van der Waals surface area contributed by atoms with E-state index in [1.54, 1.807) is 26.3 Å². The Morgan fingerprint density at radius 3 is 2.64 bits per heavy atom. The Morgan fingerprint density at radius 2 is 2.05 bits per heavy atom. The topological polar surface area (TPSA) is 45.7 Å². The molecule has 0 aliphatic rings. The van der Waals surface area contributed by atoms with E-state index < -0.39 is 0 Å². The van der Waals surface area contributed by atoms with Gasteiger partial charge in [-0.3, -0.25) is 4.99 Å². The summed E-state index contributed by atoms with van der Waals surface area (Å²) in [7, 11) is 3.43. The first kappa shape index (κ1) is 21.1. The van der Waals surface area contributed by atoms with Crippen LogP contribution in [0.1, 0.15) is 25.8 Å². The maximum atomic E-state index is 13.0. The minimum atomic E-state index is -0.237. The average molecular weight is 423 g/mol. The predicted octanol–water partition coefficient (Wildman–Crippen LogP) is 2.97. The molecule has 0 bridgehead atoms. The number of nitrogens with one attached hydrogen (secondary N) is 2. The van der Waals surface area contributed by atoms with E-state index in [1.165, 1.54) is 6.07 Å². The molecular formula is C16H27FIN3O. The number of guanidine groups is 1. The molecule has 0 saturated heterocycles. The first-order chi connectivity index (χ1) is 9.96. The first-order valence-corrected chi connectivity index (χ1v) is 7.21. The molecule has 4 nitrogen and oxygen atoms in total. The Balaban J connectivity index is 0.00000441. The first-order valence-electron chi connectivity index (χ1n) is 7.21. The van der Waals surface area contributed by atoms with Crippen molar-refractivity contribution in [2.24, 2.45) is 4.99 Å². The van der Waals surface area contributed by atoms with Gasteiger partial charge in [0.2, 0.25) is 0 Å². The van der Waals surface area contributed by atoms with Gasteiger partial charge < -0.3 is 15.4 Å². The number of benzene rings is 1. The standard InChI is InChI=1S/C16H26FN3O.HI/c1-16(2,21-4)12-20-15(18-3)19-10-6-8-13-7-5-9-14(17)11-13;/h5,7,9,11H,6,8,10,12H2,1-4H3,(H2,18,19,20);1H. The number of rotatable bonds is 7. The molecule has 0 heterocycles. The van der Waals surface area contributed by atoms with Crippen LogP contribution in [0.15, 0.2) is 29.3 Å². The van der Waals surface area contributed by atoms with Crippen LogP contribution in [0.5, 0.6) is 0 Å². The second-order valence-corrected chi connectivity index (χ2v) is 5.55. The van der Waals surface area contributed by atoms with Crippen molar-refractivity contribution >= 4 is 29.9 Å². The zero-order valence-electron chi connectivity index (χ0n) is 13.8. The van der Waals surface area contributed by atoms with Gasteiger partial charge >= 0.3 is 0 Å². The van der Waals surface area contributed by atoms with Gasteiger partial charge in [-0.2, -0.15) is 0 Å². The van der Waals surface area contributed by atoms with Gasteiger partial charge in [0.05, 0.1) is 5.60 Å². The molecule has 1 aromatic carbocycles. The summed E-state index contributed by atoms with van der Waals surface area (Å²) in [4.78, 5) is 4.16. The van der Waals surface area contributed by atoms with Crippen molar-refractivity contribution in [2.75, 3.05) is 27.2 Å². The van der Waals surface area contributed by atoms with Crippen LogP contribution in [0.3, 0.4) is 0 Å². The van der Waals surface area contributed by atoms with E-state index in [4.69, 9.17) is 4.74 Å². The average Bonchev–Trinajstić information content (AvgIpc) is 2.46. The van der Waals surface area contributed by atoms with Crippen molar-refractivity contribution in [3.63, 3.8) is 0 Å². The Morgan fingerprint density at radius 1 is 1.32 bits per heavy atom. The van der Waals surface area contributed by atoms with Crippen molar-refractivity contribution in [3.05, 3.63) is 35.6 Å². The van der Waals surface area contributed by atoms with Gasteiger partial charge in [-0.25, -0.2) is 4.39 Å². The fourth-order valence-electron chi connectivity index (χ4n) is 1.78. The quantitative estimate of drug-likeness (QED) is 0.307. The Bertz CT molecular complexity index is 466. The summed E-state index contributed by atoms with van der Waals surface area (Å²) in [5.74, 6) is 0.569. The van der Waals surface area contributed by atoms with Crippen LogP contribution in [0, 0.1) is 5.82 Å². The number of halogens is 2. The molecule has 2 N–H and O–H groups in total. The number of methoxy groups -OCH3 is 1. The van der Waals surface area contributed by atoms with E-state index in [0.29, 0.717) is 6.54 Å². The Labute approximate surface area is 149 Å². The molecule has 1 aromatic rings. The third-order valence-electron chi connectivity index (χ3n) is 3.28. The summed E-state index contributed by atoms with van der Waals surface area (Å²) in [5, 5.41) is 6.46. The van der Waals surface area contributed by atoms with Gasteiger partial charge in [0, 0.05) is 27.2 Å². The normalized spacial score (nSPS) is 11.8. The number of aliphatic imine (C=N–C) groups is 1. The lowest BCUT2D eigenvalue weighted by Gasteiger charge is -2.24.